The van der Waals surface area contributed by atoms with Crippen LogP contribution in [-0.4, -0.2) is 20.4 Å². The van der Waals surface area contributed by atoms with Crippen molar-refractivity contribution in [2.75, 3.05) is 5.32 Å². The molecule has 0 aromatic heterocycles. The minimum Gasteiger partial charge on any atom is -0.326 e. The number of fused-ring (bicyclic) bond motifs is 1. The second-order valence-corrected chi connectivity index (χ2v) is 7.49. The van der Waals surface area contributed by atoms with E-state index in [-0.39, 0.29) is 23.3 Å². The fourth-order valence-electron chi connectivity index (χ4n) is 2.97. The molecule has 1 aliphatic carbocycles. The summed E-state index contributed by atoms with van der Waals surface area (Å²) in [6.07, 6.45) is 3.10. The molecule has 1 aromatic carbocycles. The van der Waals surface area contributed by atoms with Crippen LogP contribution in [0.25, 0.3) is 0 Å². The Morgan fingerprint density at radius 3 is 2.80 bits per heavy atom. The van der Waals surface area contributed by atoms with E-state index < -0.39 is 10.0 Å². The van der Waals surface area contributed by atoms with Gasteiger partial charge in [0.25, 0.3) is 0 Å². The first-order valence-electron chi connectivity index (χ1n) is 6.89. The van der Waals surface area contributed by atoms with Crippen molar-refractivity contribution in [3.63, 3.8) is 0 Å². The molecule has 1 fully saturated rings. The van der Waals surface area contributed by atoms with Crippen molar-refractivity contribution in [2.45, 2.75) is 43.5 Å². The highest BCUT2D eigenvalue weighted by Crippen LogP contribution is 2.28. The van der Waals surface area contributed by atoms with Crippen molar-refractivity contribution in [3.05, 3.63) is 23.8 Å². The molecule has 1 heterocycles. The van der Waals surface area contributed by atoms with Crippen LogP contribution >= 0.6 is 0 Å². The van der Waals surface area contributed by atoms with Crippen LogP contribution < -0.4 is 10.0 Å². The minimum atomic E-state index is -3.50. The standard InChI is InChI=1S/C14H18N2O3S/c1-9-2-3-11(6-9)16-20(18,19)12-4-5-13-10(7-12)8-14(17)15-13/h4-5,7,9,11,16H,2-3,6,8H2,1H3,(H,15,17). The van der Waals surface area contributed by atoms with Crippen LogP contribution in [0.15, 0.2) is 23.1 Å². The third-order valence-corrected chi connectivity index (χ3v) is 5.55. The van der Waals surface area contributed by atoms with Crippen molar-refractivity contribution in [2.24, 2.45) is 5.92 Å². The molecule has 2 aliphatic rings. The summed E-state index contributed by atoms with van der Waals surface area (Å²) >= 11 is 0. The lowest BCUT2D eigenvalue weighted by molar-refractivity contribution is -0.115. The lowest BCUT2D eigenvalue weighted by Crippen LogP contribution is -2.32. The molecule has 2 unspecified atom stereocenters. The van der Waals surface area contributed by atoms with Crippen molar-refractivity contribution >= 4 is 21.6 Å². The molecule has 2 atom stereocenters. The summed E-state index contributed by atoms with van der Waals surface area (Å²) in [4.78, 5) is 11.5. The molecule has 0 spiro atoms. The van der Waals surface area contributed by atoms with E-state index in [4.69, 9.17) is 0 Å². The van der Waals surface area contributed by atoms with E-state index in [1.165, 1.54) is 0 Å². The summed E-state index contributed by atoms with van der Waals surface area (Å²) in [5.41, 5.74) is 1.46. The quantitative estimate of drug-likeness (QED) is 0.890. The first-order chi connectivity index (χ1) is 9.44. The van der Waals surface area contributed by atoms with Gasteiger partial charge in [0.15, 0.2) is 0 Å². The van der Waals surface area contributed by atoms with Gasteiger partial charge in [-0.25, -0.2) is 13.1 Å². The molecule has 1 aromatic rings. The highest BCUT2D eigenvalue weighted by atomic mass is 32.2. The van der Waals surface area contributed by atoms with Gasteiger partial charge < -0.3 is 5.32 Å². The minimum absolute atomic E-state index is 0.0306. The lowest BCUT2D eigenvalue weighted by atomic mass is 10.1. The van der Waals surface area contributed by atoms with Gasteiger partial charge in [0.05, 0.1) is 11.3 Å². The molecule has 6 heteroatoms. The average Bonchev–Trinajstić information content (AvgIpc) is 2.92. The second-order valence-electron chi connectivity index (χ2n) is 5.78. The zero-order valence-electron chi connectivity index (χ0n) is 11.3. The SMILES string of the molecule is CC1CCC(NS(=O)(=O)c2ccc3c(c2)CC(=O)N3)C1. The van der Waals surface area contributed by atoms with Gasteiger partial charge in [0.2, 0.25) is 15.9 Å². The van der Waals surface area contributed by atoms with Crippen LogP contribution in [0.4, 0.5) is 5.69 Å². The maximum absolute atomic E-state index is 12.4. The van der Waals surface area contributed by atoms with Crippen LogP contribution in [-0.2, 0) is 21.2 Å². The van der Waals surface area contributed by atoms with E-state index in [2.05, 4.69) is 17.0 Å². The molecule has 2 N–H and O–H groups in total. The Hall–Kier alpha value is -1.40. The van der Waals surface area contributed by atoms with Crippen LogP contribution in [0.1, 0.15) is 31.7 Å². The summed E-state index contributed by atoms with van der Waals surface area (Å²) in [5, 5.41) is 2.70. The van der Waals surface area contributed by atoms with Crippen LogP contribution in [0.2, 0.25) is 0 Å². The zero-order valence-corrected chi connectivity index (χ0v) is 12.2. The monoisotopic (exact) mass is 294 g/mol. The van der Waals surface area contributed by atoms with Crippen molar-refractivity contribution in [3.8, 4) is 0 Å². The van der Waals surface area contributed by atoms with Gasteiger partial charge in [0, 0.05) is 11.7 Å². The van der Waals surface area contributed by atoms with Gasteiger partial charge >= 0.3 is 0 Å². The number of hydrogen-bond donors (Lipinski definition) is 2. The summed E-state index contributed by atoms with van der Waals surface area (Å²) in [6, 6.07) is 4.83. The van der Waals surface area contributed by atoms with E-state index in [0.29, 0.717) is 11.6 Å². The number of nitrogens with one attached hydrogen (secondary N) is 2. The van der Waals surface area contributed by atoms with Crippen LogP contribution in [0.3, 0.4) is 0 Å². The normalized spacial score (nSPS) is 25.6. The summed E-state index contributed by atoms with van der Waals surface area (Å²) in [5.74, 6) is 0.483. The van der Waals surface area contributed by atoms with E-state index in [1.807, 2.05) is 0 Å². The number of rotatable bonds is 3. The molecule has 1 aliphatic heterocycles. The summed E-state index contributed by atoms with van der Waals surface area (Å²) < 4.78 is 27.5. The molecule has 1 saturated carbocycles. The highest BCUT2D eigenvalue weighted by molar-refractivity contribution is 7.89. The Morgan fingerprint density at radius 2 is 2.10 bits per heavy atom. The first-order valence-corrected chi connectivity index (χ1v) is 8.37. The molecule has 0 saturated heterocycles. The maximum Gasteiger partial charge on any atom is 0.240 e. The Balaban J connectivity index is 1.81. The van der Waals surface area contributed by atoms with Crippen LogP contribution in [0.5, 0.6) is 0 Å². The molecule has 108 valence electrons. The van der Waals surface area contributed by atoms with E-state index >= 15 is 0 Å². The molecular weight excluding hydrogens is 276 g/mol. The number of benzene rings is 1. The zero-order chi connectivity index (χ0) is 14.3. The third kappa shape index (κ3) is 2.58. The molecular formula is C14H18N2O3S. The fourth-order valence-corrected chi connectivity index (χ4v) is 4.31. The van der Waals surface area contributed by atoms with Gasteiger partial charge in [-0.05, 0) is 48.9 Å². The number of carbonyl (C=O) groups is 1. The third-order valence-electron chi connectivity index (χ3n) is 4.03. The predicted molar refractivity (Wildman–Crippen MR) is 75.9 cm³/mol. The van der Waals surface area contributed by atoms with Gasteiger partial charge in [0.1, 0.15) is 0 Å². The molecule has 0 bridgehead atoms. The van der Waals surface area contributed by atoms with Gasteiger partial charge in [-0.2, -0.15) is 0 Å². The Bertz CT molecular complexity index is 654. The van der Waals surface area contributed by atoms with Crippen molar-refractivity contribution in [1.29, 1.82) is 0 Å². The first kappa shape index (κ1) is 13.6. The topological polar surface area (TPSA) is 75.3 Å². The Kier molecular flexibility index (Phi) is 3.30. The molecule has 3 rings (SSSR count). The fraction of sp³-hybridized carbons (Fsp3) is 0.500. The van der Waals surface area contributed by atoms with E-state index in [0.717, 1.165) is 24.8 Å². The van der Waals surface area contributed by atoms with E-state index in [9.17, 15) is 13.2 Å². The van der Waals surface area contributed by atoms with Crippen LogP contribution in [0, 0.1) is 5.92 Å². The highest BCUT2D eigenvalue weighted by Gasteiger charge is 2.27. The Morgan fingerprint density at radius 1 is 1.30 bits per heavy atom. The van der Waals surface area contributed by atoms with Crippen molar-refractivity contribution < 1.29 is 13.2 Å². The molecule has 1 amide bonds. The maximum atomic E-state index is 12.4. The number of carbonyl (C=O) groups excluding carboxylic acids is 1. The number of amides is 1. The largest absolute Gasteiger partial charge is 0.326 e. The lowest BCUT2D eigenvalue weighted by Gasteiger charge is -2.13. The summed E-state index contributed by atoms with van der Waals surface area (Å²) in [7, 11) is -3.50. The molecule has 20 heavy (non-hydrogen) atoms. The number of sulfonamides is 1. The predicted octanol–water partition coefficient (Wildman–Crippen LogP) is 1.65. The van der Waals surface area contributed by atoms with Crippen molar-refractivity contribution in [1.82, 2.24) is 4.72 Å². The number of anilines is 1. The van der Waals surface area contributed by atoms with E-state index in [1.54, 1.807) is 18.2 Å². The summed E-state index contributed by atoms with van der Waals surface area (Å²) in [6.45, 7) is 2.14. The smallest absolute Gasteiger partial charge is 0.240 e. The average molecular weight is 294 g/mol. The van der Waals surface area contributed by atoms with Gasteiger partial charge in [-0.15, -0.1) is 0 Å². The molecule has 0 radical (unpaired) electrons. The Labute approximate surface area is 118 Å². The van der Waals surface area contributed by atoms with Gasteiger partial charge in [-0.3, -0.25) is 4.79 Å². The second kappa shape index (κ2) is 4.86. The van der Waals surface area contributed by atoms with Gasteiger partial charge in [-0.1, -0.05) is 6.92 Å². The number of hydrogen-bond acceptors (Lipinski definition) is 3. The molecule has 5 nitrogen and oxygen atoms in total.